The van der Waals surface area contributed by atoms with Crippen molar-refractivity contribution < 1.29 is 9.90 Å². The van der Waals surface area contributed by atoms with E-state index in [-0.39, 0.29) is 5.91 Å². The fraction of sp³-hybridized carbons (Fsp3) is 0.240. The van der Waals surface area contributed by atoms with Gasteiger partial charge >= 0.3 is 0 Å². The number of benzene rings is 1. The van der Waals surface area contributed by atoms with Gasteiger partial charge in [-0.3, -0.25) is 9.78 Å². The third kappa shape index (κ3) is 3.82. The zero-order valence-electron chi connectivity index (χ0n) is 18.2. The SMILES string of the molecule is CCc1c(-c2cncc(C(O)C(=O)N(C)C)c2)cnc2[nH]cc(-c3cccc(C)c3)c12. The van der Waals surface area contributed by atoms with Crippen molar-refractivity contribution in [3.63, 3.8) is 0 Å². The number of rotatable bonds is 5. The molecule has 0 aliphatic rings. The van der Waals surface area contributed by atoms with Crippen LogP contribution in [0.2, 0.25) is 0 Å². The maximum absolute atomic E-state index is 12.2. The quantitative estimate of drug-likeness (QED) is 0.511. The van der Waals surface area contributed by atoms with E-state index in [2.05, 4.69) is 53.1 Å². The summed E-state index contributed by atoms with van der Waals surface area (Å²) in [4.78, 5) is 25.8. The van der Waals surface area contributed by atoms with Gasteiger partial charge in [0.1, 0.15) is 5.65 Å². The highest BCUT2D eigenvalue weighted by Crippen LogP contribution is 2.36. The first-order valence-electron chi connectivity index (χ1n) is 10.3. The number of nitrogens with one attached hydrogen (secondary N) is 1. The molecule has 0 saturated carbocycles. The summed E-state index contributed by atoms with van der Waals surface area (Å²) in [6, 6.07) is 10.2. The average molecular weight is 415 g/mol. The van der Waals surface area contributed by atoms with Crippen molar-refractivity contribution in [1.82, 2.24) is 19.9 Å². The van der Waals surface area contributed by atoms with Crippen LogP contribution in [-0.4, -0.2) is 45.0 Å². The molecule has 6 nitrogen and oxygen atoms in total. The van der Waals surface area contributed by atoms with E-state index in [1.807, 2.05) is 18.5 Å². The summed E-state index contributed by atoms with van der Waals surface area (Å²) in [6.45, 7) is 4.20. The number of hydrogen-bond donors (Lipinski definition) is 2. The summed E-state index contributed by atoms with van der Waals surface area (Å²) >= 11 is 0. The van der Waals surface area contributed by atoms with E-state index in [0.29, 0.717) is 5.56 Å². The summed E-state index contributed by atoms with van der Waals surface area (Å²) in [5, 5.41) is 11.5. The van der Waals surface area contributed by atoms with E-state index < -0.39 is 6.10 Å². The minimum Gasteiger partial charge on any atom is -0.378 e. The van der Waals surface area contributed by atoms with Crippen molar-refractivity contribution in [1.29, 1.82) is 0 Å². The average Bonchev–Trinajstić information content (AvgIpc) is 3.21. The number of fused-ring (bicyclic) bond motifs is 1. The minimum absolute atomic E-state index is 0.379. The molecule has 2 N–H and O–H groups in total. The Labute approximate surface area is 181 Å². The second-order valence-electron chi connectivity index (χ2n) is 7.94. The van der Waals surface area contributed by atoms with Crippen LogP contribution in [0, 0.1) is 6.92 Å². The number of nitrogens with zero attached hydrogens (tertiary/aromatic N) is 3. The van der Waals surface area contributed by atoms with Crippen molar-refractivity contribution in [3.05, 3.63) is 71.8 Å². The van der Waals surface area contributed by atoms with Crippen LogP contribution >= 0.6 is 0 Å². The fourth-order valence-corrected chi connectivity index (χ4v) is 3.96. The third-order valence-electron chi connectivity index (χ3n) is 5.55. The van der Waals surface area contributed by atoms with Crippen LogP contribution in [0.5, 0.6) is 0 Å². The van der Waals surface area contributed by atoms with Crippen molar-refractivity contribution in [2.45, 2.75) is 26.4 Å². The number of H-pyrrole nitrogens is 1. The van der Waals surface area contributed by atoms with Gasteiger partial charge in [-0.05, 0) is 30.5 Å². The number of hydrogen-bond acceptors (Lipinski definition) is 4. The van der Waals surface area contributed by atoms with E-state index in [9.17, 15) is 9.90 Å². The summed E-state index contributed by atoms with van der Waals surface area (Å²) in [5.41, 5.74) is 7.67. The van der Waals surface area contributed by atoms with Crippen LogP contribution in [0.15, 0.2) is 55.1 Å². The van der Waals surface area contributed by atoms with Crippen LogP contribution < -0.4 is 0 Å². The Hall–Kier alpha value is -3.51. The van der Waals surface area contributed by atoms with Gasteiger partial charge < -0.3 is 15.0 Å². The molecule has 1 amide bonds. The molecule has 3 heterocycles. The van der Waals surface area contributed by atoms with E-state index in [1.54, 1.807) is 20.3 Å². The molecule has 1 atom stereocenters. The molecular formula is C25H26N4O2. The van der Waals surface area contributed by atoms with Gasteiger partial charge in [-0.2, -0.15) is 0 Å². The van der Waals surface area contributed by atoms with E-state index in [4.69, 9.17) is 0 Å². The molecule has 0 aliphatic heterocycles. The van der Waals surface area contributed by atoms with Crippen molar-refractivity contribution >= 4 is 16.9 Å². The molecule has 6 heteroatoms. The molecule has 0 radical (unpaired) electrons. The molecule has 0 spiro atoms. The van der Waals surface area contributed by atoms with Crippen molar-refractivity contribution in [2.75, 3.05) is 14.1 Å². The van der Waals surface area contributed by atoms with Crippen LogP contribution in [0.4, 0.5) is 0 Å². The molecule has 1 aromatic carbocycles. The molecule has 4 aromatic rings. The number of pyridine rings is 2. The lowest BCUT2D eigenvalue weighted by Gasteiger charge is -2.17. The highest BCUT2D eigenvalue weighted by Gasteiger charge is 2.21. The number of aromatic amines is 1. The van der Waals surface area contributed by atoms with Gasteiger partial charge in [0.25, 0.3) is 5.91 Å². The number of aliphatic hydroxyl groups excluding tert-OH is 1. The lowest BCUT2D eigenvalue weighted by atomic mass is 9.93. The zero-order valence-corrected chi connectivity index (χ0v) is 18.2. The Balaban J connectivity index is 1.87. The van der Waals surface area contributed by atoms with Gasteiger partial charge in [0, 0.05) is 66.5 Å². The monoisotopic (exact) mass is 414 g/mol. The number of amides is 1. The predicted octanol–water partition coefficient (Wildman–Crippen LogP) is 4.28. The molecule has 158 valence electrons. The highest BCUT2D eigenvalue weighted by atomic mass is 16.3. The Kier molecular flexibility index (Phi) is 5.57. The summed E-state index contributed by atoms with van der Waals surface area (Å²) < 4.78 is 0. The van der Waals surface area contributed by atoms with Gasteiger partial charge in [0.15, 0.2) is 6.10 Å². The maximum atomic E-state index is 12.2. The van der Waals surface area contributed by atoms with Crippen LogP contribution in [0.1, 0.15) is 29.7 Å². The van der Waals surface area contributed by atoms with E-state index >= 15 is 0 Å². The molecule has 4 rings (SSSR count). The second-order valence-corrected chi connectivity index (χ2v) is 7.94. The maximum Gasteiger partial charge on any atom is 0.255 e. The molecule has 3 aromatic heterocycles. The molecule has 0 fully saturated rings. The first kappa shape index (κ1) is 20.8. The van der Waals surface area contributed by atoms with Crippen LogP contribution in [0.3, 0.4) is 0 Å². The lowest BCUT2D eigenvalue weighted by Crippen LogP contribution is -2.28. The smallest absolute Gasteiger partial charge is 0.255 e. The first-order chi connectivity index (χ1) is 14.9. The van der Waals surface area contributed by atoms with Gasteiger partial charge in [-0.25, -0.2) is 4.98 Å². The lowest BCUT2D eigenvalue weighted by molar-refractivity contribution is -0.137. The molecule has 1 unspecified atom stereocenters. The Morgan fingerprint density at radius 1 is 1.13 bits per heavy atom. The normalized spacial score (nSPS) is 12.2. The predicted molar refractivity (Wildman–Crippen MR) is 123 cm³/mol. The molecular weight excluding hydrogens is 388 g/mol. The zero-order chi connectivity index (χ0) is 22.1. The van der Waals surface area contributed by atoms with Crippen LogP contribution in [-0.2, 0) is 11.2 Å². The first-order valence-corrected chi connectivity index (χ1v) is 10.3. The summed E-state index contributed by atoms with van der Waals surface area (Å²) in [7, 11) is 3.24. The van der Waals surface area contributed by atoms with E-state index in [0.717, 1.165) is 45.3 Å². The number of aryl methyl sites for hydroxylation is 2. The Bertz CT molecular complexity index is 1260. The number of likely N-dealkylation sites (N-methyl/N-ethyl adjacent to an activating group) is 1. The Morgan fingerprint density at radius 3 is 2.65 bits per heavy atom. The number of aliphatic hydroxyl groups is 1. The molecule has 0 saturated heterocycles. The molecule has 0 aliphatic carbocycles. The van der Waals surface area contributed by atoms with Gasteiger partial charge in [-0.15, -0.1) is 0 Å². The third-order valence-corrected chi connectivity index (χ3v) is 5.55. The number of carbonyl (C=O) groups excluding carboxylic acids is 1. The van der Waals surface area contributed by atoms with Gasteiger partial charge in [-0.1, -0.05) is 36.8 Å². The van der Waals surface area contributed by atoms with Gasteiger partial charge in [0.05, 0.1) is 0 Å². The summed E-state index contributed by atoms with van der Waals surface area (Å²) in [5.74, 6) is -0.379. The van der Waals surface area contributed by atoms with Gasteiger partial charge in [0.2, 0.25) is 0 Å². The number of carbonyl (C=O) groups is 1. The fourth-order valence-electron chi connectivity index (χ4n) is 3.96. The van der Waals surface area contributed by atoms with E-state index in [1.165, 1.54) is 16.7 Å². The number of aromatic nitrogens is 3. The van der Waals surface area contributed by atoms with Crippen molar-refractivity contribution in [2.24, 2.45) is 0 Å². The molecule has 0 bridgehead atoms. The van der Waals surface area contributed by atoms with Crippen LogP contribution in [0.25, 0.3) is 33.3 Å². The van der Waals surface area contributed by atoms with Crippen molar-refractivity contribution in [3.8, 4) is 22.3 Å². The highest BCUT2D eigenvalue weighted by molar-refractivity contribution is 5.99. The second kappa shape index (κ2) is 8.32. The minimum atomic E-state index is -1.25. The largest absolute Gasteiger partial charge is 0.378 e. The summed E-state index contributed by atoms with van der Waals surface area (Å²) in [6.07, 6.45) is 6.66. The topological polar surface area (TPSA) is 82.1 Å². The molecule has 31 heavy (non-hydrogen) atoms. The Morgan fingerprint density at radius 2 is 1.94 bits per heavy atom. The standard InChI is InChI=1S/C25H26N4O2/c1-5-19-20(17-10-18(12-26-11-17)23(30)25(31)29(3)4)13-27-24-22(19)21(14-28-24)16-8-6-7-15(2)9-16/h6-14,23,30H,5H2,1-4H3,(H,27,28).